The van der Waals surface area contributed by atoms with E-state index in [9.17, 15) is 13.2 Å². The molecule has 0 spiro atoms. The lowest BCUT2D eigenvalue weighted by Gasteiger charge is -2.23. The summed E-state index contributed by atoms with van der Waals surface area (Å²) in [5.74, 6) is 1.14. The Morgan fingerprint density at radius 2 is 1.96 bits per heavy atom. The smallest absolute Gasteiger partial charge is 0.251 e. The summed E-state index contributed by atoms with van der Waals surface area (Å²) in [4.78, 5) is 12.7. The third kappa shape index (κ3) is 3.02. The molecule has 2 aliphatic rings. The summed E-state index contributed by atoms with van der Waals surface area (Å²) in [6.45, 7) is 0. The van der Waals surface area contributed by atoms with Crippen LogP contribution in [0.3, 0.4) is 0 Å². The molecular formula is C17H25N3O3S. The van der Waals surface area contributed by atoms with E-state index in [2.05, 4.69) is 10.6 Å². The fourth-order valence-corrected chi connectivity index (χ4v) is 5.07. The normalized spacial score (nSPS) is 25.9. The molecule has 1 unspecified atom stereocenters. The van der Waals surface area contributed by atoms with Gasteiger partial charge < -0.3 is 10.6 Å². The van der Waals surface area contributed by atoms with Crippen LogP contribution in [-0.2, 0) is 10.0 Å². The van der Waals surface area contributed by atoms with Gasteiger partial charge in [-0.05, 0) is 49.3 Å². The number of carbonyl (C=O) groups excluding carboxylic acids is 1. The number of nitrogens with one attached hydrogen (secondary N) is 2. The topological polar surface area (TPSA) is 78.5 Å². The first-order valence-corrected chi connectivity index (χ1v) is 9.82. The quantitative estimate of drug-likeness (QED) is 0.849. The molecule has 0 radical (unpaired) electrons. The predicted octanol–water partition coefficient (Wildman–Crippen LogP) is 1.90. The molecule has 0 aromatic heterocycles. The summed E-state index contributed by atoms with van der Waals surface area (Å²) in [5, 5.41) is 5.98. The van der Waals surface area contributed by atoms with Crippen LogP contribution >= 0.6 is 0 Å². The zero-order valence-electron chi connectivity index (χ0n) is 14.4. The molecule has 2 N–H and O–H groups in total. The van der Waals surface area contributed by atoms with Crippen LogP contribution < -0.4 is 10.6 Å². The van der Waals surface area contributed by atoms with Crippen LogP contribution in [0.4, 0.5) is 5.69 Å². The molecule has 7 heteroatoms. The summed E-state index contributed by atoms with van der Waals surface area (Å²) in [6.07, 6.45) is 4.73. The standard InChI is InChI=1S/C17H25N3O3S/c1-18-14-7-6-13(10-16(14)24(22,23)20(2)3)17(21)19-15-9-11-4-5-12(15)8-11/h6-7,10-12,15,18H,4-5,8-9H2,1-3H3,(H,19,21)/t11?,12-,15-/m1/s1. The SMILES string of the molecule is CNc1ccc(C(=O)N[C@@H]2CC3CC[C@@H]2C3)cc1S(=O)(=O)N(C)C. The Morgan fingerprint density at radius 1 is 1.21 bits per heavy atom. The van der Waals surface area contributed by atoms with Gasteiger partial charge in [-0.15, -0.1) is 0 Å². The van der Waals surface area contributed by atoms with Crippen molar-refractivity contribution >= 4 is 21.6 Å². The fourth-order valence-electron chi connectivity index (χ4n) is 3.95. The Hall–Kier alpha value is -1.60. The maximum Gasteiger partial charge on any atom is 0.251 e. The highest BCUT2D eigenvalue weighted by Gasteiger charge is 2.40. The van der Waals surface area contributed by atoms with E-state index in [4.69, 9.17) is 0 Å². The molecule has 2 fully saturated rings. The first-order valence-electron chi connectivity index (χ1n) is 8.38. The van der Waals surface area contributed by atoms with Crippen LogP contribution in [0.25, 0.3) is 0 Å². The highest BCUT2D eigenvalue weighted by Crippen LogP contribution is 2.44. The molecule has 3 rings (SSSR count). The average Bonchev–Trinajstić information content (AvgIpc) is 3.16. The average molecular weight is 351 g/mol. The highest BCUT2D eigenvalue weighted by atomic mass is 32.2. The summed E-state index contributed by atoms with van der Waals surface area (Å²) >= 11 is 0. The maximum atomic E-state index is 12.6. The van der Waals surface area contributed by atoms with Crippen LogP contribution in [0.1, 0.15) is 36.0 Å². The summed E-state index contributed by atoms with van der Waals surface area (Å²) in [7, 11) is 1.01. The van der Waals surface area contributed by atoms with Crippen LogP contribution in [-0.4, -0.2) is 45.8 Å². The summed E-state index contributed by atoms with van der Waals surface area (Å²) < 4.78 is 26.1. The second-order valence-corrected chi connectivity index (χ2v) is 9.12. The van der Waals surface area contributed by atoms with Crippen LogP contribution in [0.2, 0.25) is 0 Å². The fraction of sp³-hybridized carbons (Fsp3) is 0.588. The Labute approximate surface area is 143 Å². The van der Waals surface area contributed by atoms with E-state index < -0.39 is 10.0 Å². The molecule has 1 aromatic rings. The number of amides is 1. The molecule has 0 heterocycles. The van der Waals surface area contributed by atoms with Crippen LogP contribution in [0.15, 0.2) is 23.1 Å². The second kappa shape index (κ2) is 6.37. The molecule has 2 bridgehead atoms. The molecule has 2 aliphatic carbocycles. The Morgan fingerprint density at radius 3 is 2.50 bits per heavy atom. The predicted molar refractivity (Wildman–Crippen MR) is 93.6 cm³/mol. The summed E-state index contributed by atoms with van der Waals surface area (Å²) in [6, 6.07) is 5.01. The van der Waals surface area contributed by atoms with Crippen molar-refractivity contribution in [2.75, 3.05) is 26.5 Å². The summed E-state index contributed by atoms with van der Waals surface area (Å²) in [5.41, 5.74) is 0.873. The lowest BCUT2D eigenvalue weighted by Crippen LogP contribution is -2.38. The van der Waals surface area contributed by atoms with E-state index in [1.165, 1.54) is 39.4 Å². The Balaban J connectivity index is 1.84. The van der Waals surface area contributed by atoms with Crippen molar-refractivity contribution in [1.82, 2.24) is 9.62 Å². The van der Waals surface area contributed by atoms with Gasteiger partial charge >= 0.3 is 0 Å². The maximum absolute atomic E-state index is 12.6. The van der Waals surface area contributed by atoms with Gasteiger partial charge in [0.25, 0.3) is 5.91 Å². The van der Waals surface area contributed by atoms with Gasteiger partial charge in [-0.2, -0.15) is 0 Å². The number of anilines is 1. The minimum absolute atomic E-state index is 0.121. The Kier molecular flexibility index (Phi) is 4.57. The number of benzene rings is 1. The molecule has 1 amide bonds. The lowest BCUT2D eigenvalue weighted by atomic mass is 9.95. The van der Waals surface area contributed by atoms with Gasteiger partial charge in [0, 0.05) is 32.7 Å². The third-order valence-corrected chi connectivity index (χ3v) is 7.18. The number of nitrogens with zero attached hydrogens (tertiary/aromatic N) is 1. The monoisotopic (exact) mass is 351 g/mol. The van der Waals surface area contributed by atoms with Gasteiger partial charge in [0.2, 0.25) is 10.0 Å². The molecule has 132 valence electrons. The van der Waals surface area contributed by atoms with E-state index in [1.54, 1.807) is 19.2 Å². The van der Waals surface area contributed by atoms with Crippen molar-refractivity contribution in [1.29, 1.82) is 0 Å². The lowest BCUT2D eigenvalue weighted by molar-refractivity contribution is 0.0922. The largest absolute Gasteiger partial charge is 0.387 e. The molecule has 1 aromatic carbocycles. The van der Waals surface area contributed by atoms with Crippen molar-refractivity contribution in [3.63, 3.8) is 0 Å². The number of sulfonamides is 1. The molecular weight excluding hydrogens is 326 g/mol. The number of hydrogen-bond donors (Lipinski definition) is 2. The number of rotatable bonds is 5. The number of fused-ring (bicyclic) bond motifs is 2. The molecule has 0 aliphatic heterocycles. The van der Waals surface area contributed by atoms with Crippen molar-refractivity contribution < 1.29 is 13.2 Å². The molecule has 24 heavy (non-hydrogen) atoms. The highest BCUT2D eigenvalue weighted by molar-refractivity contribution is 7.89. The Bertz CT molecular complexity index is 745. The first kappa shape index (κ1) is 17.2. The van der Waals surface area contributed by atoms with Gasteiger partial charge in [-0.3, -0.25) is 4.79 Å². The first-order chi connectivity index (χ1) is 11.3. The zero-order valence-corrected chi connectivity index (χ0v) is 15.2. The van der Waals surface area contributed by atoms with E-state index in [0.29, 0.717) is 17.2 Å². The number of hydrogen-bond acceptors (Lipinski definition) is 4. The number of carbonyl (C=O) groups is 1. The van der Waals surface area contributed by atoms with Crippen molar-refractivity contribution in [2.24, 2.45) is 11.8 Å². The van der Waals surface area contributed by atoms with E-state index in [0.717, 1.165) is 16.6 Å². The molecule has 3 atom stereocenters. The minimum Gasteiger partial charge on any atom is -0.387 e. The van der Waals surface area contributed by atoms with E-state index in [1.807, 2.05) is 0 Å². The van der Waals surface area contributed by atoms with Crippen LogP contribution in [0.5, 0.6) is 0 Å². The molecule has 2 saturated carbocycles. The van der Waals surface area contributed by atoms with E-state index in [-0.39, 0.29) is 16.8 Å². The van der Waals surface area contributed by atoms with Crippen molar-refractivity contribution in [3.05, 3.63) is 23.8 Å². The zero-order chi connectivity index (χ0) is 17.5. The third-order valence-electron chi connectivity index (χ3n) is 5.33. The minimum atomic E-state index is -3.62. The van der Waals surface area contributed by atoms with Gasteiger partial charge in [0.05, 0.1) is 5.69 Å². The molecule has 6 nitrogen and oxygen atoms in total. The van der Waals surface area contributed by atoms with Crippen molar-refractivity contribution in [3.8, 4) is 0 Å². The molecule has 0 saturated heterocycles. The van der Waals surface area contributed by atoms with E-state index >= 15 is 0 Å². The van der Waals surface area contributed by atoms with Gasteiger partial charge in [-0.1, -0.05) is 6.42 Å². The van der Waals surface area contributed by atoms with Gasteiger partial charge in [0.1, 0.15) is 4.90 Å². The second-order valence-electron chi connectivity index (χ2n) is 7.00. The van der Waals surface area contributed by atoms with Crippen LogP contribution in [0, 0.1) is 11.8 Å². The van der Waals surface area contributed by atoms with Gasteiger partial charge in [-0.25, -0.2) is 12.7 Å². The van der Waals surface area contributed by atoms with Crippen molar-refractivity contribution in [2.45, 2.75) is 36.6 Å². The van der Waals surface area contributed by atoms with Gasteiger partial charge in [0.15, 0.2) is 0 Å².